The molecule has 1 aromatic carbocycles. The van der Waals surface area contributed by atoms with Crippen LogP contribution in [0.5, 0.6) is 5.75 Å². The lowest BCUT2D eigenvalue weighted by Gasteiger charge is -2.20. The van der Waals surface area contributed by atoms with E-state index in [1.54, 1.807) is 12.1 Å². The zero-order valence-corrected chi connectivity index (χ0v) is 18.6. The third-order valence-corrected chi connectivity index (χ3v) is 6.91. The Morgan fingerprint density at radius 1 is 1.21 bits per heavy atom. The van der Waals surface area contributed by atoms with Crippen molar-refractivity contribution in [1.29, 1.82) is 0 Å². The summed E-state index contributed by atoms with van der Waals surface area (Å²) in [5.41, 5.74) is 0.905. The molecule has 0 heterocycles. The average molecular weight is 414 g/mol. The highest BCUT2D eigenvalue weighted by Crippen LogP contribution is 2.31. The number of sulfone groups is 1. The second kappa shape index (κ2) is 10.1. The molecule has 160 valence electrons. The molecule has 1 aliphatic carbocycles. The molecular weight excluding hydrogens is 377 g/mol. The van der Waals surface area contributed by atoms with Crippen LogP contribution in [-0.4, -0.2) is 38.6 Å². The first-order chi connectivity index (χ1) is 13.1. The van der Waals surface area contributed by atoms with Gasteiger partial charge in [0.15, 0.2) is 21.4 Å². The van der Waals surface area contributed by atoms with Crippen LogP contribution in [0.4, 0.5) is 4.39 Å². The fourth-order valence-electron chi connectivity index (χ4n) is 3.08. The summed E-state index contributed by atoms with van der Waals surface area (Å²) in [5.74, 6) is 0.499. The molecule has 0 amide bonds. The lowest BCUT2D eigenvalue weighted by atomic mass is 10.0. The summed E-state index contributed by atoms with van der Waals surface area (Å²) >= 11 is 0. The number of rotatable bonds is 12. The lowest BCUT2D eigenvalue weighted by molar-refractivity contribution is 0.285. The summed E-state index contributed by atoms with van der Waals surface area (Å²) in [6.45, 7) is 9.68. The minimum absolute atomic E-state index is 0.0843. The van der Waals surface area contributed by atoms with Crippen molar-refractivity contribution < 1.29 is 17.5 Å². The highest BCUT2D eigenvalue weighted by atomic mass is 32.2. The topological polar surface area (TPSA) is 55.4 Å². The van der Waals surface area contributed by atoms with Gasteiger partial charge in [0.05, 0.1) is 18.1 Å². The smallest absolute Gasteiger partial charge is 0.165 e. The van der Waals surface area contributed by atoms with Crippen LogP contribution in [0, 0.1) is 11.7 Å². The lowest BCUT2D eigenvalue weighted by Crippen LogP contribution is -2.36. The summed E-state index contributed by atoms with van der Waals surface area (Å²) in [7, 11) is -3.14. The largest absolute Gasteiger partial charge is 0.490 e. The molecule has 2 rings (SSSR count). The van der Waals surface area contributed by atoms with Gasteiger partial charge in [-0.15, -0.1) is 0 Å². The van der Waals surface area contributed by atoms with E-state index in [2.05, 4.69) is 26.1 Å². The molecule has 1 N–H and O–H groups in total. The van der Waals surface area contributed by atoms with Crippen LogP contribution < -0.4 is 10.1 Å². The van der Waals surface area contributed by atoms with Gasteiger partial charge in [-0.2, -0.15) is 0 Å². The zero-order valence-electron chi connectivity index (χ0n) is 17.8. The maximum Gasteiger partial charge on any atom is 0.165 e. The van der Waals surface area contributed by atoms with E-state index in [0.717, 1.165) is 37.8 Å². The maximum atomic E-state index is 13.9. The van der Waals surface area contributed by atoms with Gasteiger partial charge in [0.25, 0.3) is 0 Å². The van der Waals surface area contributed by atoms with Gasteiger partial charge in [0.1, 0.15) is 0 Å². The second-order valence-corrected chi connectivity index (χ2v) is 11.4. The van der Waals surface area contributed by atoms with Crippen LogP contribution in [0.3, 0.4) is 0 Å². The van der Waals surface area contributed by atoms with Gasteiger partial charge in [-0.25, -0.2) is 12.8 Å². The Bertz CT molecular complexity index is 724. The molecule has 1 aromatic rings. The molecule has 0 saturated heterocycles. The first-order valence-corrected chi connectivity index (χ1v) is 12.3. The van der Waals surface area contributed by atoms with Gasteiger partial charge < -0.3 is 10.1 Å². The molecule has 1 saturated carbocycles. The molecule has 0 bridgehead atoms. The normalized spacial score (nSPS) is 16.2. The summed E-state index contributed by atoms with van der Waals surface area (Å²) in [5, 5.41) is 3.41. The minimum atomic E-state index is -3.14. The van der Waals surface area contributed by atoms with Crippen LogP contribution in [0.2, 0.25) is 0 Å². The third-order valence-electron chi connectivity index (χ3n) is 4.99. The number of benzene rings is 1. The van der Waals surface area contributed by atoms with Crippen LogP contribution in [0.25, 0.3) is 0 Å². The van der Waals surface area contributed by atoms with Crippen molar-refractivity contribution in [1.82, 2.24) is 5.32 Å². The van der Waals surface area contributed by atoms with E-state index in [9.17, 15) is 12.8 Å². The Balaban J connectivity index is 1.78. The molecule has 1 fully saturated rings. The minimum Gasteiger partial charge on any atom is -0.490 e. The zero-order chi connectivity index (χ0) is 20.8. The molecule has 0 aliphatic heterocycles. The maximum absolute atomic E-state index is 13.9. The van der Waals surface area contributed by atoms with E-state index >= 15 is 0 Å². The predicted molar refractivity (Wildman–Crippen MR) is 113 cm³/mol. The first kappa shape index (κ1) is 23.1. The van der Waals surface area contributed by atoms with Crippen LogP contribution >= 0.6 is 0 Å². The summed E-state index contributed by atoms with van der Waals surface area (Å²) < 4.78 is 44.4. The molecule has 6 heteroatoms. The van der Waals surface area contributed by atoms with Crippen LogP contribution in [-0.2, 0) is 9.84 Å². The fraction of sp³-hybridized carbons (Fsp3) is 0.727. The number of nitrogens with one attached hydrogen (secondary N) is 1. The van der Waals surface area contributed by atoms with Gasteiger partial charge in [-0.3, -0.25) is 0 Å². The monoisotopic (exact) mass is 413 g/mol. The van der Waals surface area contributed by atoms with Gasteiger partial charge in [-0.05, 0) is 82.5 Å². The number of unbranched alkanes of at least 4 members (excludes halogenated alkanes) is 2. The van der Waals surface area contributed by atoms with Crippen molar-refractivity contribution in [2.24, 2.45) is 5.92 Å². The third kappa shape index (κ3) is 8.91. The van der Waals surface area contributed by atoms with Crippen LogP contribution in [0.1, 0.15) is 71.3 Å². The highest BCUT2D eigenvalue weighted by molar-refractivity contribution is 7.91. The van der Waals surface area contributed by atoms with E-state index in [1.165, 1.54) is 6.07 Å². The molecule has 1 aliphatic rings. The Hall–Kier alpha value is -1.14. The van der Waals surface area contributed by atoms with Gasteiger partial charge in [0, 0.05) is 5.54 Å². The van der Waals surface area contributed by atoms with Gasteiger partial charge in [-0.1, -0.05) is 19.4 Å². The number of ether oxygens (including phenoxy) is 1. The Kier molecular flexibility index (Phi) is 8.31. The van der Waals surface area contributed by atoms with E-state index in [1.807, 2.05) is 6.92 Å². The van der Waals surface area contributed by atoms with Crippen molar-refractivity contribution in [2.75, 3.05) is 24.7 Å². The molecule has 0 spiro atoms. The quantitative estimate of drug-likeness (QED) is 0.505. The molecule has 0 radical (unpaired) electrons. The number of hydrogen-bond acceptors (Lipinski definition) is 4. The highest BCUT2D eigenvalue weighted by Gasteiger charge is 2.23. The van der Waals surface area contributed by atoms with Gasteiger partial charge in [0.2, 0.25) is 0 Å². The van der Waals surface area contributed by atoms with E-state index in [-0.39, 0.29) is 34.5 Å². The van der Waals surface area contributed by atoms with Crippen molar-refractivity contribution in [3.05, 3.63) is 29.6 Å². The Morgan fingerprint density at radius 2 is 1.93 bits per heavy atom. The summed E-state index contributed by atoms with van der Waals surface area (Å²) in [6, 6.07) is 4.71. The Morgan fingerprint density at radius 3 is 2.57 bits per heavy atom. The standard InChI is InChI=1S/C22H36FNO3S/c1-17(16-28(25,26)13-7-5-6-12-24-22(2,3)4)19-10-11-20(23)21(14-19)27-15-18-8-9-18/h10-11,14,17-18,24H,5-9,12-13,15-16H2,1-4H3/t17-/m0/s1. The van der Waals surface area contributed by atoms with Crippen molar-refractivity contribution in [2.45, 2.75) is 71.3 Å². The second-order valence-electron chi connectivity index (χ2n) is 9.20. The fourth-order valence-corrected chi connectivity index (χ4v) is 4.84. The molecule has 4 nitrogen and oxygen atoms in total. The van der Waals surface area contributed by atoms with Crippen molar-refractivity contribution in [3.63, 3.8) is 0 Å². The van der Waals surface area contributed by atoms with E-state index < -0.39 is 9.84 Å². The average Bonchev–Trinajstić information content (AvgIpc) is 3.40. The SMILES string of the molecule is C[C@@H](CS(=O)(=O)CCCCCNC(C)(C)C)c1ccc(F)c(OCC2CC2)c1. The molecule has 0 aromatic heterocycles. The molecular formula is C22H36FNO3S. The predicted octanol–water partition coefficient (Wildman–Crippen LogP) is 4.69. The van der Waals surface area contributed by atoms with Gasteiger partial charge >= 0.3 is 0 Å². The summed E-state index contributed by atoms with van der Waals surface area (Å²) in [4.78, 5) is 0. The Labute approximate surface area is 170 Å². The van der Waals surface area contributed by atoms with Crippen molar-refractivity contribution in [3.8, 4) is 5.75 Å². The van der Waals surface area contributed by atoms with E-state index in [4.69, 9.17) is 4.74 Å². The summed E-state index contributed by atoms with van der Waals surface area (Å²) in [6.07, 6.45) is 4.83. The number of hydrogen-bond donors (Lipinski definition) is 1. The van der Waals surface area contributed by atoms with Crippen LogP contribution in [0.15, 0.2) is 18.2 Å². The number of halogens is 1. The molecule has 1 atom stereocenters. The molecule has 28 heavy (non-hydrogen) atoms. The van der Waals surface area contributed by atoms with E-state index in [0.29, 0.717) is 18.9 Å². The first-order valence-electron chi connectivity index (χ1n) is 10.4. The van der Waals surface area contributed by atoms with Crippen molar-refractivity contribution >= 4 is 9.84 Å². The molecule has 0 unspecified atom stereocenters.